The van der Waals surface area contributed by atoms with Gasteiger partial charge in [-0.2, -0.15) is 13.2 Å². The predicted octanol–water partition coefficient (Wildman–Crippen LogP) is 4.67. The Hall–Kier alpha value is -3.73. The van der Waals surface area contributed by atoms with E-state index in [0.29, 0.717) is 55.3 Å². The number of carbonyl (C=O) groups is 1. The lowest BCUT2D eigenvalue weighted by molar-refractivity contribution is -0.137. The van der Waals surface area contributed by atoms with E-state index in [4.69, 9.17) is 9.47 Å². The average molecular weight is 517 g/mol. The molecule has 5 rings (SSSR count). The van der Waals surface area contributed by atoms with Crippen LogP contribution in [0.1, 0.15) is 42.7 Å². The number of hydrogen-bond acceptors (Lipinski definition) is 6. The third-order valence-electron chi connectivity index (χ3n) is 6.65. The third-order valence-corrected chi connectivity index (χ3v) is 6.65. The molecule has 1 aromatic heterocycles. The van der Waals surface area contributed by atoms with Crippen molar-refractivity contribution in [2.24, 2.45) is 0 Å². The molecule has 0 saturated carbocycles. The van der Waals surface area contributed by atoms with Gasteiger partial charge in [0.05, 0.1) is 17.1 Å². The van der Waals surface area contributed by atoms with Crippen molar-refractivity contribution in [1.82, 2.24) is 14.5 Å². The van der Waals surface area contributed by atoms with E-state index in [0.717, 1.165) is 25.0 Å². The van der Waals surface area contributed by atoms with Gasteiger partial charge in [0.25, 0.3) is 0 Å². The molecule has 8 nitrogen and oxygen atoms in total. The molecule has 2 N–H and O–H groups in total. The zero-order valence-electron chi connectivity index (χ0n) is 20.0. The number of amides is 1. The first kappa shape index (κ1) is 24.9. The fourth-order valence-electron chi connectivity index (χ4n) is 4.90. The number of imidazole rings is 1. The van der Waals surface area contributed by atoms with Gasteiger partial charge in [0.1, 0.15) is 18.7 Å². The molecule has 2 aliphatic rings. The Kier molecular flexibility index (Phi) is 6.72. The van der Waals surface area contributed by atoms with Crippen LogP contribution >= 0.6 is 0 Å². The molecule has 0 spiro atoms. The molecule has 11 heteroatoms. The number of ether oxygens (including phenoxy) is 2. The smallest absolute Gasteiger partial charge is 0.416 e. The van der Waals surface area contributed by atoms with E-state index in [-0.39, 0.29) is 23.5 Å². The number of anilines is 1. The Morgan fingerprint density at radius 1 is 1.22 bits per heavy atom. The molecular formula is C26H27F3N4O4. The number of fused-ring (bicyclic) bond motifs is 3. The van der Waals surface area contributed by atoms with Gasteiger partial charge < -0.3 is 29.4 Å². The van der Waals surface area contributed by atoms with Crippen molar-refractivity contribution in [2.45, 2.75) is 37.7 Å². The van der Waals surface area contributed by atoms with Crippen LogP contribution in [-0.2, 0) is 11.0 Å². The number of alkyl halides is 3. The van der Waals surface area contributed by atoms with Crippen LogP contribution < -0.4 is 14.8 Å². The van der Waals surface area contributed by atoms with Gasteiger partial charge in [0, 0.05) is 18.7 Å². The van der Waals surface area contributed by atoms with Crippen molar-refractivity contribution in [3.63, 3.8) is 0 Å². The van der Waals surface area contributed by atoms with Crippen molar-refractivity contribution in [1.29, 1.82) is 0 Å². The Labute approximate surface area is 211 Å². The molecule has 1 amide bonds. The molecular weight excluding hydrogens is 489 g/mol. The van der Waals surface area contributed by atoms with Crippen LogP contribution in [0.2, 0.25) is 0 Å². The Balaban J connectivity index is 1.59. The molecule has 37 heavy (non-hydrogen) atoms. The number of carbonyl (C=O) groups excluding carboxylic acids is 1. The van der Waals surface area contributed by atoms with Crippen LogP contribution in [0.25, 0.3) is 11.0 Å². The zero-order chi connectivity index (χ0) is 26.2. The average Bonchev–Trinajstić information content (AvgIpc) is 3.08. The summed E-state index contributed by atoms with van der Waals surface area (Å²) in [6.45, 7) is 5.30. The molecule has 1 fully saturated rings. The SMILES string of the molecule is C=CC(=O)N1CCCC[C@@H](n2c(NC(O)c3cccc(C(F)(F)F)c3)nc3ccc4c(c32)OCCO4)C1. The summed E-state index contributed by atoms with van der Waals surface area (Å²) < 4.78 is 53.3. The molecule has 3 aromatic rings. The van der Waals surface area contributed by atoms with Crippen LogP contribution in [0.4, 0.5) is 19.1 Å². The standard InChI is InChI=1S/C26H27F3N4O4/c1-2-21(34)32-11-4-3-8-18(15-32)33-22-19(9-10-20-23(22)37-13-12-36-20)30-25(33)31-24(35)16-6-5-7-17(14-16)26(27,28)29/h2,5-7,9-10,14,18,24,35H,1,3-4,8,11-13,15H2,(H,30,31)/t18-,24?/m1/s1. The number of halogens is 3. The molecule has 0 radical (unpaired) electrons. The van der Waals surface area contributed by atoms with Crippen molar-refractivity contribution < 1.29 is 32.5 Å². The lowest BCUT2D eigenvalue weighted by Gasteiger charge is -2.28. The van der Waals surface area contributed by atoms with Crippen molar-refractivity contribution >= 4 is 22.9 Å². The monoisotopic (exact) mass is 516 g/mol. The first-order valence-electron chi connectivity index (χ1n) is 12.1. The molecule has 196 valence electrons. The fraction of sp³-hybridized carbons (Fsp3) is 0.385. The maximum Gasteiger partial charge on any atom is 0.416 e. The van der Waals surface area contributed by atoms with E-state index in [1.807, 2.05) is 4.57 Å². The summed E-state index contributed by atoms with van der Waals surface area (Å²) in [5, 5.41) is 13.8. The quantitative estimate of drug-likeness (QED) is 0.379. The topological polar surface area (TPSA) is 88.9 Å². The van der Waals surface area contributed by atoms with E-state index in [1.165, 1.54) is 18.2 Å². The van der Waals surface area contributed by atoms with E-state index in [9.17, 15) is 23.1 Å². The van der Waals surface area contributed by atoms with Gasteiger partial charge in [-0.25, -0.2) is 4.98 Å². The maximum absolute atomic E-state index is 13.3. The minimum absolute atomic E-state index is 0.0411. The summed E-state index contributed by atoms with van der Waals surface area (Å²) in [4.78, 5) is 18.9. The molecule has 1 saturated heterocycles. The predicted molar refractivity (Wildman–Crippen MR) is 130 cm³/mol. The molecule has 3 heterocycles. The molecule has 2 aromatic carbocycles. The summed E-state index contributed by atoms with van der Waals surface area (Å²) in [5.74, 6) is 1.12. The van der Waals surface area contributed by atoms with E-state index < -0.39 is 18.0 Å². The van der Waals surface area contributed by atoms with E-state index >= 15 is 0 Å². The van der Waals surface area contributed by atoms with Crippen molar-refractivity contribution in [3.8, 4) is 11.5 Å². The summed E-state index contributed by atoms with van der Waals surface area (Å²) >= 11 is 0. The number of aliphatic hydroxyl groups excluding tert-OH is 1. The Bertz CT molecular complexity index is 1320. The van der Waals surface area contributed by atoms with Crippen LogP contribution in [0, 0.1) is 0 Å². The highest BCUT2D eigenvalue weighted by atomic mass is 19.4. The number of nitrogens with one attached hydrogen (secondary N) is 1. The highest BCUT2D eigenvalue weighted by Gasteiger charge is 2.32. The van der Waals surface area contributed by atoms with E-state index in [2.05, 4.69) is 16.9 Å². The minimum atomic E-state index is -4.54. The highest BCUT2D eigenvalue weighted by molar-refractivity contribution is 5.88. The first-order valence-corrected chi connectivity index (χ1v) is 12.1. The molecule has 0 bridgehead atoms. The normalized spacial score (nSPS) is 18.8. The van der Waals surface area contributed by atoms with Crippen molar-refractivity contribution in [3.05, 3.63) is 60.2 Å². The van der Waals surface area contributed by atoms with Crippen molar-refractivity contribution in [2.75, 3.05) is 31.6 Å². The van der Waals surface area contributed by atoms with Gasteiger partial charge in [-0.1, -0.05) is 18.7 Å². The van der Waals surface area contributed by atoms with E-state index in [1.54, 1.807) is 17.0 Å². The second kappa shape index (κ2) is 9.97. The lowest BCUT2D eigenvalue weighted by Crippen LogP contribution is -2.34. The zero-order valence-corrected chi connectivity index (χ0v) is 20.0. The number of benzene rings is 2. The van der Waals surface area contributed by atoms with Crippen LogP contribution in [0.15, 0.2) is 49.1 Å². The number of hydrogen-bond donors (Lipinski definition) is 2. The van der Waals surface area contributed by atoms with Gasteiger partial charge >= 0.3 is 6.18 Å². The van der Waals surface area contributed by atoms with Crippen LogP contribution in [0.5, 0.6) is 11.5 Å². The Morgan fingerprint density at radius 3 is 2.81 bits per heavy atom. The van der Waals surface area contributed by atoms with Crippen LogP contribution in [0.3, 0.4) is 0 Å². The van der Waals surface area contributed by atoms with Gasteiger partial charge in [-0.05, 0) is 49.6 Å². The lowest BCUT2D eigenvalue weighted by atomic mass is 10.1. The largest absolute Gasteiger partial charge is 0.486 e. The summed E-state index contributed by atoms with van der Waals surface area (Å²) in [5.41, 5.74) is 0.378. The van der Waals surface area contributed by atoms with Crippen LogP contribution in [-0.4, -0.2) is 51.8 Å². The highest BCUT2D eigenvalue weighted by Crippen LogP contribution is 2.42. The third kappa shape index (κ3) is 4.95. The van der Waals surface area contributed by atoms with Gasteiger partial charge in [0.2, 0.25) is 11.9 Å². The molecule has 1 unspecified atom stereocenters. The Morgan fingerprint density at radius 2 is 2.03 bits per heavy atom. The molecule has 2 aliphatic heterocycles. The number of aromatic nitrogens is 2. The van der Waals surface area contributed by atoms with Gasteiger partial charge in [0.15, 0.2) is 17.7 Å². The maximum atomic E-state index is 13.3. The fourth-order valence-corrected chi connectivity index (χ4v) is 4.90. The first-order chi connectivity index (χ1) is 17.8. The summed E-state index contributed by atoms with van der Waals surface area (Å²) in [6, 6.07) is 7.79. The number of nitrogens with zero attached hydrogens (tertiary/aromatic N) is 3. The van der Waals surface area contributed by atoms with Gasteiger partial charge in [-0.15, -0.1) is 0 Å². The molecule has 2 atom stereocenters. The number of aliphatic hydroxyl groups is 1. The second-order valence-corrected chi connectivity index (χ2v) is 9.07. The molecule has 0 aliphatic carbocycles. The summed E-state index contributed by atoms with van der Waals surface area (Å²) in [7, 11) is 0. The number of rotatable bonds is 5. The summed E-state index contributed by atoms with van der Waals surface area (Å²) in [6.07, 6.45) is -2.36. The second-order valence-electron chi connectivity index (χ2n) is 9.07. The van der Waals surface area contributed by atoms with Gasteiger partial charge in [-0.3, -0.25) is 4.79 Å². The minimum Gasteiger partial charge on any atom is -0.486 e. The number of likely N-dealkylation sites (tertiary alicyclic amines) is 1.